The summed E-state index contributed by atoms with van der Waals surface area (Å²) in [4.78, 5) is 0. The van der Waals surface area contributed by atoms with Gasteiger partial charge in [0.2, 0.25) is 0 Å². The first-order valence-corrected chi connectivity index (χ1v) is 7.52. The summed E-state index contributed by atoms with van der Waals surface area (Å²) in [5.41, 5.74) is 4.66. The number of benzene rings is 2. The van der Waals surface area contributed by atoms with Gasteiger partial charge in [-0.25, -0.2) is 0 Å². The molecule has 2 heteroatoms. The zero-order valence-electron chi connectivity index (χ0n) is 12.8. The van der Waals surface area contributed by atoms with Crippen molar-refractivity contribution in [1.82, 2.24) is 0 Å². The summed E-state index contributed by atoms with van der Waals surface area (Å²) in [6, 6.07) is 16.8. The maximum atomic E-state index is 6.09. The molecule has 0 aliphatic heterocycles. The predicted molar refractivity (Wildman–Crippen MR) is 88.8 cm³/mol. The van der Waals surface area contributed by atoms with Crippen LogP contribution >= 0.6 is 0 Å². The van der Waals surface area contributed by atoms with E-state index in [4.69, 9.17) is 4.42 Å². The molecule has 2 aromatic carbocycles. The van der Waals surface area contributed by atoms with E-state index in [9.17, 15) is 0 Å². The molecule has 0 bridgehead atoms. The SMILES string of the molecule is CCc1c(C(C)Nc2cccc(C)c2)oc2ccccc12. The maximum absolute atomic E-state index is 6.09. The normalized spacial score (nSPS) is 12.5. The molecule has 21 heavy (non-hydrogen) atoms. The average Bonchev–Trinajstić information content (AvgIpc) is 2.86. The monoisotopic (exact) mass is 279 g/mol. The Morgan fingerprint density at radius 3 is 2.67 bits per heavy atom. The highest BCUT2D eigenvalue weighted by atomic mass is 16.3. The molecule has 0 saturated carbocycles. The summed E-state index contributed by atoms with van der Waals surface area (Å²) < 4.78 is 6.09. The van der Waals surface area contributed by atoms with Gasteiger partial charge < -0.3 is 9.73 Å². The van der Waals surface area contributed by atoms with Crippen molar-refractivity contribution < 1.29 is 4.42 Å². The summed E-state index contributed by atoms with van der Waals surface area (Å²) in [7, 11) is 0. The molecular formula is C19H21NO. The Morgan fingerprint density at radius 2 is 1.90 bits per heavy atom. The van der Waals surface area contributed by atoms with Crippen molar-refractivity contribution in [2.24, 2.45) is 0 Å². The molecule has 1 unspecified atom stereocenters. The van der Waals surface area contributed by atoms with E-state index >= 15 is 0 Å². The number of fused-ring (bicyclic) bond motifs is 1. The summed E-state index contributed by atoms with van der Waals surface area (Å²) in [5, 5.41) is 4.77. The number of furan rings is 1. The van der Waals surface area contributed by atoms with Crippen LogP contribution in [0.1, 0.15) is 36.8 Å². The molecular weight excluding hydrogens is 258 g/mol. The second kappa shape index (κ2) is 5.65. The fourth-order valence-corrected chi connectivity index (χ4v) is 2.88. The lowest BCUT2D eigenvalue weighted by Crippen LogP contribution is -2.07. The molecule has 1 N–H and O–H groups in total. The third-order valence-corrected chi connectivity index (χ3v) is 3.88. The van der Waals surface area contributed by atoms with Crippen LogP contribution in [0.2, 0.25) is 0 Å². The van der Waals surface area contributed by atoms with E-state index in [2.05, 4.69) is 62.5 Å². The van der Waals surface area contributed by atoms with Gasteiger partial charge in [-0.05, 0) is 44.0 Å². The van der Waals surface area contributed by atoms with E-state index in [1.54, 1.807) is 0 Å². The van der Waals surface area contributed by atoms with Crippen LogP contribution in [0.5, 0.6) is 0 Å². The Labute approximate surface area is 125 Å². The smallest absolute Gasteiger partial charge is 0.134 e. The maximum Gasteiger partial charge on any atom is 0.134 e. The van der Waals surface area contributed by atoms with Gasteiger partial charge in [0.05, 0.1) is 6.04 Å². The van der Waals surface area contributed by atoms with Crippen LogP contribution in [-0.2, 0) is 6.42 Å². The molecule has 3 aromatic rings. The fourth-order valence-electron chi connectivity index (χ4n) is 2.88. The van der Waals surface area contributed by atoms with Crippen LogP contribution in [-0.4, -0.2) is 0 Å². The van der Waals surface area contributed by atoms with Crippen molar-refractivity contribution in [1.29, 1.82) is 0 Å². The Kier molecular flexibility index (Phi) is 3.70. The lowest BCUT2D eigenvalue weighted by atomic mass is 10.0. The number of hydrogen-bond donors (Lipinski definition) is 1. The van der Waals surface area contributed by atoms with Crippen molar-refractivity contribution in [3.05, 3.63) is 65.4 Å². The summed E-state index contributed by atoms with van der Waals surface area (Å²) in [6.45, 7) is 6.44. The van der Waals surface area contributed by atoms with Gasteiger partial charge in [-0.2, -0.15) is 0 Å². The van der Waals surface area contributed by atoms with Gasteiger partial charge in [-0.3, -0.25) is 0 Å². The Hall–Kier alpha value is -2.22. The van der Waals surface area contributed by atoms with Crippen molar-refractivity contribution in [3.63, 3.8) is 0 Å². The molecule has 1 aromatic heterocycles. The molecule has 108 valence electrons. The molecule has 1 atom stereocenters. The van der Waals surface area contributed by atoms with E-state index in [-0.39, 0.29) is 6.04 Å². The predicted octanol–water partition coefficient (Wildman–Crippen LogP) is 5.48. The molecule has 0 aliphatic carbocycles. The minimum Gasteiger partial charge on any atom is -0.459 e. The number of rotatable bonds is 4. The fraction of sp³-hybridized carbons (Fsp3) is 0.263. The van der Waals surface area contributed by atoms with Gasteiger partial charge in [-0.1, -0.05) is 37.3 Å². The van der Waals surface area contributed by atoms with E-state index in [1.165, 1.54) is 16.5 Å². The zero-order chi connectivity index (χ0) is 14.8. The van der Waals surface area contributed by atoms with Crippen LogP contribution in [0.15, 0.2) is 52.9 Å². The number of para-hydroxylation sites is 1. The molecule has 0 amide bonds. The molecule has 2 nitrogen and oxygen atoms in total. The first-order chi connectivity index (χ1) is 10.2. The summed E-state index contributed by atoms with van der Waals surface area (Å²) in [5.74, 6) is 1.04. The van der Waals surface area contributed by atoms with E-state index < -0.39 is 0 Å². The first kappa shape index (κ1) is 13.7. The van der Waals surface area contributed by atoms with Crippen molar-refractivity contribution in [2.75, 3.05) is 5.32 Å². The van der Waals surface area contributed by atoms with Crippen LogP contribution in [0, 0.1) is 6.92 Å². The minimum absolute atomic E-state index is 0.147. The highest BCUT2D eigenvalue weighted by molar-refractivity contribution is 5.82. The zero-order valence-corrected chi connectivity index (χ0v) is 12.8. The third-order valence-electron chi connectivity index (χ3n) is 3.88. The van der Waals surface area contributed by atoms with Crippen LogP contribution in [0.25, 0.3) is 11.0 Å². The molecule has 3 rings (SSSR count). The quantitative estimate of drug-likeness (QED) is 0.684. The highest BCUT2D eigenvalue weighted by Gasteiger charge is 2.17. The second-order valence-electron chi connectivity index (χ2n) is 5.53. The highest BCUT2D eigenvalue weighted by Crippen LogP contribution is 2.32. The third kappa shape index (κ3) is 2.66. The molecule has 1 heterocycles. The molecule has 0 fully saturated rings. The van der Waals surface area contributed by atoms with Gasteiger partial charge in [0.15, 0.2) is 0 Å². The van der Waals surface area contributed by atoms with Gasteiger partial charge in [0.25, 0.3) is 0 Å². The molecule has 0 radical (unpaired) electrons. The molecule has 0 saturated heterocycles. The Morgan fingerprint density at radius 1 is 1.10 bits per heavy atom. The lowest BCUT2D eigenvalue weighted by Gasteiger charge is -2.15. The summed E-state index contributed by atoms with van der Waals surface area (Å²) in [6.07, 6.45) is 0.978. The number of hydrogen-bond acceptors (Lipinski definition) is 2. The lowest BCUT2D eigenvalue weighted by molar-refractivity contribution is 0.520. The summed E-state index contributed by atoms with van der Waals surface area (Å²) >= 11 is 0. The molecule has 0 spiro atoms. The Balaban J connectivity index is 1.95. The van der Waals surface area contributed by atoms with Crippen molar-refractivity contribution in [2.45, 2.75) is 33.2 Å². The number of nitrogens with one attached hydrogen (secondary N) is 1. The first-order valence-electron chi connectivity index (χ1n) is 7.52. The molecule has 0 aliphatic rings. The van der Waals surface area contributed by atoms with E-state index in [0.29, 0.717) is 0 Å². The van der Waals surface area contributed by atoms with Gasteiger partial charge in [0, 0.05) is 16.6 Å². The van der Waals surface area contributed by atoms with Crippen molar-refractivity contribution >= 4 is 16.7 Å². The largest absolute Gasteiger partial charge is 0.459 e. The average molecular weight is 279 g/mol. The van der Waals surface area contributed by atoms with Crippen LogP contribution in [0.4, 0.5) is 5.69 Å². The minimum atomic E-state index is 0.147. The van der Waals surface area contributed by atoms with Gasteiger partial charge in [-0.15, -0.1) is 0 Å². The second-order valence-corrected chi connectivity index (χ2v) is 5.53. The van der Waals surface area contributed by atoms with E-state index in [0.717, 1.165) is 23.5 Å². The van der Waals surface area contributed by atoms with Crippen LogP contribution < -0.4 is 5.32 Å². The van der Waals surface area contributed by atoms with Crippen LogP contribution in [0.3, 0.4) is 0 Å². The van der Waals surface area contributed by atoms with Gasteiger partial charge in [0.1, 0.15) is 11.3 Å². The van der Waals surface area contributed by atoms with E-state index in [1.807, 2.05) is 12.1 Å². The topological polar surface area (TPSA) is 25.2 Å². The Bertz CT molecular complexity index is 757. The number of anilines is 1. The standard InChI is InChI=1S/C19H21NO/c1-4-16-17-10-5-6-11-18(17)21-19(16)14(3)20-15-9-7-8-13(2)12-15/h5-12,14,20H,4H2,1-3H3. The number of aryl methyl sites for hydroxylation is 2. The van der Waals surface area contributed by atoms with Gasteiger partial charge >= 0.3 is 0 Å². The van der Waals surface area contributed by atoms with Crippen molar-refractivity contribution in [3.8, 4) is 0 Å².